The molecular formula is C21H25FO. The van der Waals surface area contributed by atoms with E-state index in [0.717, 1.165) is 37.0 Å². The summed E-state index contributed by atoms with van der Waals surface area (Å²) in [6.45, 7) is 4.75. The van der Waals surface area contributed by atoms with E-state index in [1.165, 1.54) is 5.56 Å². The summed E-state index contributed by atoms with van der Waals surface area (Å²) in [6.07, 6.45) is 5.61. The molecule has 0 aliphatic rings. The van der Waals surface area contributed by atoms with Gasteiger partial charge in [0, 0.05) is 5.56 Å². The summed E-state index contributed by atoms with van der Waals surface area (Å²) in [4.78, 5) is 0. The summed E-state index contributed by atoms with van der Waals surface area (Å²) in [7, 11) is 0. The number of hydrogen-bond acceptors (Lipinski definition) is 1. The number of aryl methyl sites for hydroxylation is 1. The number of benzene rings is 2. The van der Waals surface area contributed by atoms with E-state index in [1.54, 1.807) is 18.2 Å². The van der Waals surface area contributed by atoms with Crippen LogP contribution < -0.4 is 4.74 Å². The third-order valence-electron chi connectivity index (χ3n) is 3.71. The van der Waals surface area contributed by atoms with Crippen LogP contribution in [0.25, 0.3) is 5.83 Å². The number of rotatable bonds is 8. The lowest BCUT2D eigenvalue weighted by molar-refractivity contribution is 0.306. The highest BCUT2D eigenvalue weighted by Gasteiger charge is 2.01. The van der Waals surface area contributed by atoms with Gasteiger partial charge in [-0.1, -0.05) is 51.0 Å². The molecule has 0 saturated heterocycles. The molecule has 0 radical (unpaired) electrons. The Morgan fingerprint density at radius 2 is 1.57 bits per heavy atom. The van der Waals surface area contributed by atoms with Gasteiger partial charge in [0.25, 0.3) is 0 Å². The first-order valence-corrected chi connectivity index (χ1v) is 8.39. The topological polar surface area (TPSA) is 9.23 Å². The van der Waals surface area contributed by atoms with Crippen LogP contribution in [0.3, 0.4) is 0 Å². The van der Waals surface area contributed by atoms with Gasteiger partial charge in [-0.3, -0.25) is 0 Å². The van der Waals surface area contributed by atoms with Crippen LogP contribution in [-0.2, 0) is 13.0 Å². The van der Waals surface area contributed by atoms with Crippen LogP contribution in [-0.4, -0.2) is 0 Å². The molecule has 0 unspecified atom stereocenters. The molecule has 0 N–H and O–H groups in total. The van der Waals surface area contributed by atoms with Crippen molar-refractivity contribution in [3.8, 4) is 5.75 Å². The van der Waals surface area contributed by atoms with Gasteiger partial charge < -0.3 is 4.74 Å². The SMILES string of the molecule is CCCC=C(F)c1ccc(OCc2ccc(CCC)cc2)cc1. The van der Waals surface area contributed by atoms with Crippen LogP contribution in [0.2, 0.25) is 0 Å². The highest BCUT2D eigenvalue weighted by Crippen LogP contribution is 2.21. The summed E-state index contributed by atoms with van der Waals surface area (Å²) < 4.78 is 19.6. The molecule has 0 spiro atoms. The summed E-state index contributed by atoms with van der Waals surface area (Å²) in [5, 5.41) is 0. The van der Waals surface area contributed by atoms with Crippen molar-refractivity contribution in [2.75, 3.05) is 0 Å². The van der Waals surface area contributed by atoms with E-state index in [4.69, 9.17) is 4.74 Å². The average Bonchev–Trinajstić information content (AvgIpc) is 2.60. The van der Waals surface area contributed by atoms with E-state index in [9.17, 15) is 4.39 Å². The van der Waals surface area contributed by atoms with Crippen LogP contribution in [0.1, 0.15) is 49.8 Å². The molecule has 0 atom stereocenters. The van der Waals surface area contributed by atoms with Gasteiger partial charge in [-0.25, -0.2) is 4.39 Å². The standard InChI is InChI=1S/C21H25FO/c1-3-5-7-21(22)19-12-14-20(15-13-19)23-16-18-10-8-17(6-4-2)9-11-18/h7-15H,3-6,16H2,1-2H3. The fraction of sp³-hybridized carbons (Fsp3) is 0.333. The molecule has 0 fully saturated rings. The van der Waals surface area contributed by atoms with Crippen molar-refractivity contribution in [3.63, 3.8) is 0 Å². The molecule has 2 aromatic carbocycles. The Bertz CT molecular complexity index is 611. The molecule has 0 amide bonds. The summed E-state index contributed by atoms with van der Waals surface area (Å²) in [5.74, 6) is 0.597. The number of halogens is 1. The van der Waals surface area contributed by atoms with Gasteiger partial charge in [0.2, 0.25) is 0 Å². The van der Waals surface area contributed by atoms with E-state index in [-0.39, 0.29) is 5.83 Å². The molecule has 0 bridgehead atoms. The lowest BCUT2D eigenvalue weighted by Crippen LogP contribution is -1.96. The predicted molar refractivity (Wildman–Crippen MR) is 95.2 cm³/mol. The first-order valence-electron chi connectivity index (χ1n) is 8.39. The van der Waals surface area contributed by atoms with E-state index in [0.29, 0.717) is 12.2 Å². The van der Waals surface area contributed by atoms with Gasteiger partial charge in [0.1, 0.15) is 18.2 Å². The molecular weight excluding hydrogens is 287 g/mol. The molecule has 2 rings (SSSR count). The van der Waals surface area contributed by atoms with Crippen molar-refractivity contribution in [3.05, 3.63) is 71.3 Å². The van der Waals surface area contributed by atoms with Crippen LogP contribution in [0, 0.1) is 0 Å². The molecule has 2 heteroatoms. The van der Waals surface area contributed by atoms with Gasteiger partial charge in [0.05, 0.1) is 0 Å². The van der Waals surface area contributed by atoms with E-state index in [2.05, 4.69) is 31.2 Å². The largest absolute Gasteiger partial charge is 0.489 e. The normalized spacial score (nSPS) is 11.5. The number of allylic oxidation sites excluding steroid dienone is 1. The van der Waals surface area contributed by atoms with Crippen LogP contribution in [0.5, 0.6) is 5.75 Å². The molecule has 23 heavy (non-hydrogen) atoms. The summed E-state index contributed by atoms with van der Waals surface area (Å²) in [6, 6.07) is 15.7. The molecule has 2 aromatic rings. The molecule has 0 saturated carbocycles. The Morgan fingerprint density at radius 1 is 0.913 bits per heavy atom. The second kappa shape index (κ2) is 9.14. The summed E-state index contributed by atoms with van der Waals surface area (Å²) >= 11 is 0. The molecule has 0 aliphatic carbocycles. The predicted octanol–water partition coefficient (Wildman–Crippen LogP) is 6.33. The van der Waals surface area contributed by atoms with Crippen molar-refractivity contribution < 1.29 is 9.13 Å². The fourth-order valence-electron chi connectivity index (χ4n) is 2.36. The highest BCUT2D eigenvalue weighted by atomic mass is 19.1. The first-order chi connectivity index (χ1) is 11.2. The van der Waals surface area contributed by atoms with Crippen molar-refractivity contribution in [2.24, 2.45) is 0 Å². The van der Waals surface area contributed by atoms with E-state index < -0.39 is 0 Å². The number of hydrogen-bond donors (Lipinski definition) is 0. The molecule has 0 heterocycles. The second-order valence-electron chi connectivity index (χ2n) is 5.72. The number of unbranched alkanes of at least 4 members (excludes halogenated alkanes) is 1. The Hall–Kier alpha value is -2.09. The number of ether oxygens (including phenoxy) is 1. The van der Waals surface area contributed by atoms with Crippen molar-refractivity contribution in [2.45, 2.75) is 46.1 Å². The van der Waals surface area contributed by atoms with E-state index in [1.807, 2.05) is 19.1 Å². The minimum atomic E-state index is -0.162. The van der Waals surface area contributed by atoms with E-state index >= 15 is 0 Å². The van der Waals surface area contributed by atoms with Crippen LogP contribution in [0.15, 0.2) is 54.6 Å². The zero-order valence-electron chi connectivity index (χ0n) is 14.0. The van der Waals surface area contributed by atoms with Gasteiger partial charge in [-0.15, -0.1) is 0 Å². The Balaban J connectivity index is 1.91. The maximum absolute atomic E-state index is 13.8. The van der Waals surface area contributed by atoms with Gasteiger partial charge in [-0.2, -0.15) is 0 Å². The quantitative estimate of drug-likeness (QED) is 0.553. The zero-order valence-corrected chi connectivity index (χ0v) is 14.0. The maximum atomic E-state index is 13.8. The Labute approximate surface area is 138 Å². The monoisotopic (exact) mass is 312 g/mol. The minimum absolute atomic E-state index is 0.162. The second-order valence-corrected chi connectivity index (χ2v) is 5.72. The first kappa shape index (κ1) is 17.3. The molecule has 0 aromatic heterocycles. The van der Waals surface area contributed by atoms with Crippen molar-refractivity contribution in [1.29, 1.82) is 0 Å². The molecule has 1 nitrogen and oxygen atoms in total. The van der Waals surface area contributed by atoms with Crippen molar-refractivity contribution in [1.82, 2.24) is 0 Å². The fourth-order valence-corrected chi connectivity index (χ4v) is 2.36. The molecule has 0 aliphatic heterocycles. The smallest absolute Gasteiger partial charge is 0.126 e. The Morgan fingerprint density at radius 3 is 2.17 bits per heavy atom. The summed E-state index contributed by atoms with van der Waals surface area (Å²) in [5.41, 5.74) is 3.10. The maximum Gasteiger partial charge on any atom is 0.126 e. The lowest BCUT2D eigenvalue weighted by Gasteiger charge is -2.08. The van der Waals surface area contributed by atoms with Gasteiger partial charge in [-0.05, 0) is 54.3 Å². The third kappa shape index (κ3) is 5.55. The molecule has 122 valence electrons. The zero-order chi connectivity index (χ0) is 16.5. The van der Waals surface area contributed by atoms with Crippen LogP contribution in [0.4, 0.5) is 4.39 Å². The minimum Gasteiger partial charge on any atom is -0.489 e. The van der Waals surface area contributed by atoms with Crippen LogP contribution >= 0.6 is 0 Å². The average molecular weight is 312 g/mol. The highest BCUT2D eigenvalue weighted by molar-refractivity contribution is 5.59. The van der Waals surface area contributed by atoms with Crippen molar-refractivity contribution >= 4 is 5.83 Å². The van der Waals surface area contributed by atoms with Gasteiger partial charge >= 0.3 is 0 Å². The Kier molecular flexibility index (Phi) is 6.86. The van der Waals surface area contributed by atoms with Gasteiger partial charge in [0.15, 0.2) is 0 Å². The third-order valence-corrected chi connectivity index (χ3v) is 3.71. The lowest BCUT2D eigenvalue weighted by atomic mass is 10.1.